The molecule has 6 heterocycles. The summed E-state index contributed by atoms with van der Waals surface area (Å²) in [5, 5.41) is 11.0. The van der Waals surface area contributed by atoms with Crippen molar-refractivity contribution in [2.45, 2.75) is 25.5 Å². The first-order chi connectivity index (χ1) is 24.2. The summed E-state index contributed by atoms with van der Waals surface area (Å²) in [4.78, 5) is 54.3. The Morgan fingerprint density at radius 3 is 1.43 bits per heavy atom. The lowest BCUT2D eigenvalue weighted by Gasteiger charge is -2.14. The first-order valence-electron chi connectivity index (χ1n) is 14.7. The summed E-state index contributed by atoms with van der Waals surface area (Å²) < 4.78 is 78.1. The Labute approximate surface area is 282 Å². The number of nitrogens with one attached hydrogen (secondary N) is 1. The molecule has 2 aromatic carbocycles. The zero-order valence-corrected chi connectivity index (χ0v) is 25.7. The van der Waals surface area contributed by atoms with Crippen LogP contribution in [0.3, 0.4) is 0 Å². The minimum Gasteiger partial charge on any atom is -0.392 e. The number of fused-ring (bicyclic) bond motifs is 4. The number of halogens is 6. The summed E-state index contributed by atoms with van der Waals surface area (Å²) in [5.41, 5.74) is 2.96. The number of alkyl halides is 6. The van der Waals surface area contributed by atoms with Gasteiger partial charge in [-0.25, -0.2) is 9.97 Å². The van der Waals surface area contributed by atoms with Gasteiger partial charge in [-0.3, -0.25) is 38.2 Å². The van der Waals surface area contributed by atoms with E-state index < -0.39 is 35.8 Å². The van der Waals surface area contributed by atoms with Crippen molar-refractivity contribution in [3.8, 4) is 0 Å². The molecule has 0 radical (unpaired) electrons. The lowest BCUT2D eigenvalue weighted by molar-refractivity contribution is -0.146. The van der Waals surface area contributed by atoms with Crippen molar-refractivity contribution in [1.82, 2.24) is 29.0 Å². The molecule has 0 aliphatic carbocycles. The third-order valence-electron chi connectivity index (χ3n) is 7.73. The molecule has 51 heavy (non-hydrogen) atoms. The number of hydrogen-bond acceptors (Lipinski definition) is 7. The number of hydrogen-bond donors (Lipinski definition) is 2. The van der Waals surface area contributed by atoms with E-state index in [0.717, 1.165) is 26.1 Å². The molecule has 0 unspecified atom stereocenters. The number of aliphatic hydroxyl groups excluding tert-OH is 1. The maximum absolute atomic E-state index is 13.0. The number of amides is 4. The maximum atomic E-state index is 13.0. The van der Waals surface area contributed by atoms with Crippen molar-refractivity contribution in [1.29, 1.82) is 0 Å². The van der Waals surface area contributed by atoms with Crippen molar-refractivity contribution in [3.63, 3.8) is 0 Å². The Bertz CT molecular complexity index is 2280. The van der Waals surface area contributed by atoms with Gasteiger partial charge in [0.25, 0.3) is 23.6 Å². The van der Waals surface area contributed by atoms with Gasteiger partial charge in [0.15, 0.2) is 0 Å². The van der Waals surface area contributed by atoms with Gasteiger partial charge in [0.05, 0.1) is 58.8 Å². The highest BCUT2D eigenvalue weighted by atomic mass is 19.4. The average molecular weight is 709 g/mol. The molecular weight excluding hydrogens is 686 g/mol. The highest BCUT2D eigenvalue weighted by molar-refractivity contribution is 6.22. The highest BCUT2D eigenvalue weighted by Crippen LogP contribution is 2.30. The second-order valence-corrected chi connectivity index (χ2v) is 11.1. The van der Waals surface area contributed by atoms with Crippen LogP contribution in [0.15, 0.2) is 97.6 Å². The molecule has 2 aliphatic rings. The molecule has 11 nitrogen and oxygen atoms in total. The first-order valence-corrected chi connectivity index (χ1v) is 14.7. The molecule has 2 aliphatic heterocycles. The predicted molar refractivity (Wildman–Crippen MR) is 165 cm³/mol. The van der Waals surface area contributed by atoms with E-state index in [-0.39, 0.29) is 30.5 Å². The van der Waals surface area contributed by atoms with Gasteiger partial charge in [-0.2, -0.15) is 26.3 Å². The van der Waals surface area contributed by atoms with E-state index in [9.17, 15) is 45.5 Å². The number of aliphatic hydroxyl groups is 1. The van der Waals surface area contributed by atoms with Crippen molar-refractivity contribution in [2.75, 3.05) is 0 Å². The molecule has 6 aromatic rings. The molecule has 0 saturated carbocycles. The SMILES string of the molecule is O=C1NC(=O)c2ccccc21.O=C1c2ccccc2C(=O)N1Cc1ccc2cnc(C(F)(F)F)n2c1.OCc1ccc2cnc(C(F)(F)F)n2c1. The number of imidazole rings is 2. The standard InChI is InChI=1S/C17H10F3N3O2.C9H7F3N2O.C8H5NO2/c18-17(19,20)16-21-7-11-6-5-10(8-22(11)16)9-23-14(24)12-3-1-2-4-13(12)15(23)25;10-9(11,12)8-13-3-7-2-1-6(5-15)4-14(7)8;10-7-5-3-1-2-4-6(5)8(11)9-7/h1-8H,9H2;1-4,15H,5H2;1-4H,(H,9,10,11). The number of benzene rings is 2. The van der Waals surface area contributed by atoms with E-state index in [4.69, 9.17) is 5.11 Å². The Hall–Kier alpha value is -6.36. The van der Waals surface area contributed by atoms with Gasteiger partial charge in [-0.15, -0.1) is 0 Å². The molecule has 4 aromatic heterocycles. The Balaban J connectivity index is 0.000000146. The smallest absolute Gasteiger partial charge is 0.392 e. The monoisotopic (exact) mass is 708 g/mol. The lowest BCUT2D eigenvalue weighted by atomic mass is 10.1. The van der Waals surface area contributed by atoms with Crippen LogP contribution < -0.4 is 5.32 Å². The molecule has 260 valence electrons. The minimum absolute atomic E-state index is 0.113. The largest absolute Gasteiger partial charge is 0.450 e. The molecule has 0 saturated heterocycles. The first kappa shape index (κ1) is 34.5. The summed E-state index contributed by atoms with van der Waals surface area (Å²) in [6.07, 6.45) is -4.35. The van der Waals surface area contributed by atoms with Gasteiger partial charge < -0.3 is 5.11 Å². The Kier molecular flexibility index (Phi) is 8.90. The molecule has 2 N–H and O–H groups in total. The van der Waals surface area contributed by atoms with E-state index in [1.54, 1.807) is 60.7 Å². The molecule has 0 spiro atoms. The quantitative estimate of drug-likeness (QED) is 0.181. The molecule has 0 fully saturated rings. The van der Waals surface area contributed by atoms with Crippen molar-refractivity contribution in [2.24, 2.45) is 0 Å². The fourth-order valence-corrected chi connectivity index (χ4v) is 5.36. The maximum Gasteiger partial charge on any atom is 0.450 e. The zero-order chi connectivity index (χ0) is 36.7. The number of pyridine rings is 2. The number of carbonyl (C=O) groups is 4. The van der Waals surface area contributed by atoms with Crippen molar-refractivity contribution >= 4 is 34.7 Å². The normalized spacial score (nSPS) is 13.8. The van der Waals surface area contributed by atoms with Crippen LogP contribution in [0.4, 0.5) is 26.3 Å². The van der Waals surface area contributed by atoms with Crippen LogP contribution in [0.2, 0.25) is 0 Å². The van der Waals surface area contributed by atoms with Gasteiger partial charge >= 0.3 is 12.4 Å². The van der Waals surface area contributed by atoms with E-state index in [1.807, 2.05) is 0 Å². The zero-order valence-electron chi connectivity index (χ0n) is 25.7. The van der Waals surface area contributed by atoms with Gasteiger partial charge in [-0.1, -0.05) is 36.4 Å². The topological polar surface area (TPSA) is 138 Å². The molecule has 0 atom stereocenters. The number of carbonyl (C=O) groups excluding carboxylic acids is 4. The fraction of sp³-hybridized carbons (Fsp3) is 0.118. The van der Waals surface area contributed by atoms with Crippen LogP contribution in [-0.2, 0) is 25.5 Å². The number of imide groups is 2. The molecule has 0 bridgehead atoms. The van der Waals surface area contributed by atoms with Crippen LogP contribution in [0.1, 0.15) is 64.2 Å². The van der Waals surface area contributed by atoms with Gasteiger partial charge in [-0.05, 0) is 47.5 Å². The average Bonchev–Trinajstić information content (AvgIpc) is 3.86. The highest BCUT2D eigenvalue weighted by Gasteiger charge is 2.38. The van der Waals surface area contributed by atoms with Crippen LogP contribution >= 0.6 is 0 Å². The number of rotatable bonds is 3. The second-order valence-electron chi connectivity index (χ2n) is 11.1. The van der Waals surface area contributed by atoms with E-state index in [2.05, 4.69) is 15.3 Å². The van der Waals surface area contributed by atoms with Crippen molar-refractivity contribution in [3.05, 3.63) is 143 Å². The Morgan fingerprint density at radius 1 is 0.588 bits per heavy atom. The predicted octanol–water partition coefficient (Wildman–Crippen LogP) is 5.56. The minimum atomic E-state index is -4.60. The molecule has 17 heteroatoms. The molecular formula is C34H22F6N6O5. The number of aromatic nitrogens is 4. The third kappa shape index (κ3) is 6.78. The third-order valence-corrected chi connectivity index (χ3v) is 7.73. The molecule has 8 rings (SSSR count). The summed E-state index contributed by atoms with van der Waals surface area (Å²) >= 11 is 0. The number of nitrogens with zero attached hydrogens (tertiary/aromatic N) is 5. The Morgan fingerprint density at radius 2 is 1.00 bits per heavy atom. The van der Waals surface area contributed by atoms with Gasteiger partial charge in [0.2, 0.25) is 11.6 Å². The summed E-state index contributed by atoms with van der Waals surface area (Å²) in [5.74, 6) is -3.54. The van der Waals surface area contributed by atoms with Crippen LogP contribution in [0, 0.1) is 0 Å². The van der Waals surface area contributed by atoms with Gasteiger partial charge in [0, 0.05) is 12.4 Å². The van der Waals surface area contributed by atoms with Crippen LogP contribution in [0.25, 0.3) is 11.0 Å². The van der Waals surface area contributed by atoms with Gasteiger partial charge in [0.1, 0.15) is 0 Å². The van der Waals surface area contributed by atoms with E-state index in [1.165, 1.54) is 24.5 Å². The van der Waals surface area contributed by atoms with Crippen LogP contribution in [0.5, 0.6) is 0 Å². The lowest BCUT2D eigenvalue weighted by Crippen LogP contribution is -2.29. The van der Waals surface area contributed by atoms with Crippen LogP contribution in [-0.4, -0.2) is 52.4 Å². The molecule has 4 amide bonds. The summed E-state index contributed by atoms with van der Waals surface area (Å²) in [7, 11) is 0. The second kappa shape index (κ2) is 13.2. The summed E-state index contributed by atoms with van der Waals surface area (Å²) in [6, 6.07) is 19.2. The van der Waals surface area contributed by atoms with E-state index in [0.29, 0.717) is 38.9 Å². The summed E-state index contributed by atoms with van der Waals surface area (Å²) in [6.45, 7) is -0.414. The van der Waals surface area contributed by atoms with Crippen molar-refractivity contribution < 1.29 is 50.6 Å². The van der Waals surface area contributed by atoms with E-state index >= 15 is 0 Å². The fourth-order valence-electron chi connectivity index (χ4n) is 5.36.